The molecule has 1 unspecified atom stereocenters. The van der Waals surface area contributed by atoms with Crippen molar-refractivity contribution in [2.24, 2.45) is 0 Å². The highest BCUT2D eigenvalue weighted by Gasteiger charge is 2.22. The molecular formula is C9H13NOS. The topological polar surface area (TPSA) is 33.1 Å². The highest BCUT2D eigenvalue weighted by Crippen LogP contribution is 2.38. The summed E-state index contributed by atoms with van der Waals surface area (Å²) in [5.41, 5.74) is 0.835. The van der Waals surface area contributed by atoms with Crippen LogP contribution in [-0.4, -0.2) is 10.1 Å². The van der Waals surface area contributed by atoms with Gasteiger partial charge in [0.05, 0.1) is 16.8 Å². The summed E-state index contributed by atoms with van der Waals surface area (Å²) in [6.07, 6.45) is 3.50. The summed E-state index contributed by atoms with van der Waals surface area (Å²) in [6.45, 7) is 1.76. The van der Waals surface area contributed by atoms with Gasteiger partial charge in [-0.2, -0.15) is 0 Å². The van der Waals surface area contributed by atoms with Crippen LogP contribution < -0.4 is 0 Å². The average Bonchev–Trinajstić information content (AvgIpc) is 2.32. The lowest BCUT2D eigenvalue weighted by atomic mass is 9.86. The minimum atomic E-state index is -0.407. The zero-order chi connectivity index (χ0) is 8.55. The molecule has 1 aromatic rings. The van der Waals surface area contributed by atoms with E-state index in [1.807, 2.05) is 5.38 Å². The van der Waals surface area contributed by atoms with Crippen molar-refractivity contribution in [3.05, 3.63) is 16.1 Å². The monoisotopic (exact) mass is 183 g/mol. The summed E-state index contributed by atoms with van der Waals surface area (Å²) in [5, 5.41) is 12.4. The van der Waals surface area contributed by atoms with E-state index in [4.69, 9.17) is 0 Å². The molecule has 1 aliphatic carbocycles. The largest absolute Gasteiger partial charge is 0.387 e. The zero-order valence-electron chi connectivity index (χ0n) is 7.16. The third kappa shape index (κ3) is 1.39. The minimum Gasteiger partial charge on any atom is -0.387 e. The first-order valence-corrected chi connectivity index (χ1v) is 5.28. The number of rotatable bonds is 2. The standard InChI is InChI=1S/C9H13NOS/c1-6(11)8-5-12-9(10-8)7-3-2-4-7/h5-7,11H,2-4H2,1H3. The van der Waals surface area contributed by atoms with Gasteiger partial charge in [0.15, 0.2) is 0 Å². The molecule has 1 aliphatic rings. The third-order valence-electron chi connectivity index (χ3n) is 2.42. The molecule has 0 aliphatic heterocycles. The molecule has 1 atom stereocenters. The lowest BCUT2D eigenvalue weighted by molar-refractivity contribution is 0.194. The number of thiazole rings is 1. The van der Waals surface area contributed by atoms with Gasteiger partial charge in [-0.25, -0.2) is 4.98 Å². The van der Waals surface area contributed by atoms with E-state index >= 15 is 0 Å². The zero-order valence-corrected chi connectivity index (χ0v) is 7.97. The first-order valence-electron chi connectivity index (χ1n) is 4.41. The Morgan fingerprint density at radius 1 is 1.67 bits per heavy atom. The molecule has 0 spiro atoms. The summed E-state index contributed by atoms with van der Waals surface area (Å²) in [5.74, 6) is 0.697. The van der Waals surface area contributed by atoms with Gasteiger partial charge in [-0.1, -0.05) is 6.42 Å². The maximum atomic E-state index is 9.25. The fraction of sp³-hybridized carbons (Fsp3) is 0.667. The molecule has 66 valence electrons. The van der Waals surface area contributed by atoms with Crippen molar-refractivity contribution in [1.29, 1.82) is 0 Å². The van der Waals surface area contributed by atoms with Gasteiger partial charge in [-0.3, -0.25) is 0 Å². The van der Waals surface area contributed by atoms with E-state index in [0.717, 1.165) is 5.69 Å². The Balaban J connectivity index is 2.12. The molecule has 1 N–H and O–H groups in total. The molecule has 0 radical (unpaired) electrons. The van der Waals surface area contributed by atoms with E-state index in [-0.39, 0.29) is 0 Å². The predicted octanol–water partition coefficient (Wildman–Crippen LogP) is 2.46. The lowest BCUT2D eigenvalue weighted by Crippen LogP contribution is -2.08. The van der Waals surface area contributed by atoms with Crippen molar-refractivity contribution < 1.29 is 5.11 Å². The number of aliphatic hydroxyl groups is 1. The maximum Gasteiger partial charge on any atom is 0.0960 e. The Labute approximate surface area is 76.3 Å². The van der Waals surface area contributed by atoms with Crippen LogP contribution in [-0.2, 0) is 0 Å². The van der Waals surface area contributed by atoms with Gasteiger partial charge in [0, 0.05) is 11.3 Å². The summed E-state index contributed by atoms with van der Waals surface area (Å²) >= 11 is 1.69. The van der Waals surface area contributed by atoms with Crippen LogP contribution in [0.2, 0.25) is 0 Å². The summed E-state index contributed by atoms with van der Waals surface area (Å²) in [7, 11) is 0. The Hall–Kier alpha value is -0.410. The van der Waals surface area contributed by atoms with Crippen molar-refractivity contribution in [2.45, 2.75) is 38.2 Å². The van der Waals surface area contributed by atoms with Gasteiger partial charge in [0.25, 0.3) is 0 Å². The average molecular weight is 183 g/mol. The fourth-order valence-electron chi connectivity index (χ4n) is 1.34. The van der Waals surface area contributed by atoms with Gasteiger partial charge < -0.3 is 5.11 Å². The quantitative estimate of drug-likeness (QED) is 0.764. The molecule has 3 heteroatoms. The first kappa shape index (κ1) is 8.20. The van der Waals surface area contributed by atoms with Gasteiger partial charge in [0.1, 0.15) is 0 Å². The first-order chi connectivity index (χ1) is 5.77. The summed E-state index contributed by atoms with van der Waals surface area (Å²) in [4.78, 5) is 4.40. The van der Waals surface area contributed by atoms with Crippen LogP contribution in [0.3, 0.4) is 0 Å². The Morgan fingerprint density at radius 3 is 2.83 bits per heavy atom. The smallest absolute Gasteiger partial charge is 0.0960 e. The van der Waals surface area contributed by atoms with Crippen molar-refractivity contribution in [3.63, 3.8) is 0 Å². The molecule has 1 heterocycles. The fourth-order valence-corrected chi connectivity index (χ4v) is 2.41. The Bertz CT molecular complexity index is 265. The Kier molecular flexibility index (Phi) is 2.15. The lowest BCUT2D eigenvalue weighted by Gasteiger charge is -2.22. The number of hydrogen-bond donors (Lipinski definition) is 1. The summed E-state index contributed by atoms with van der Waals surface area (Å²) in [6, 6.07) is 0. The highest BCUT2D eigenvalue weighted by atomic mass is 32.1. The third-order valence-corrected chi connectivity index (χ3v) is 3.45. The summed E-state index contributed by atoms with van der Waals surface area (Å²) < 4.78 is 0. The van der Waals surface area contributed by atoms with Crippen LogP contribution in [0.15, 0.2) is 5.38 Å². The van der Waals surface area contributed by atoms with Crippen LogP contribution in [0.5, 0.6) is 0 Å². The van der Waals surface area contributed by atoms with Crippen LogP contribution in [0, 0.1) is 0 Å². The second-order valence-corrected chi connectivity index (χ2v) is 4.30. The van der Waals surface area contributed by atoms with Gasteiger partial charge in [-0.15, -0.1) is 11.3 Å². The Morgan fingerprint density at radius 2 is 2.42 bits per heavy atom. The van der Waals surface area contributed by atoms with E-state index < -0.39 is 6.10 Å². The van der Waals surface area contributed by atoms with Gasteiger partial charge in [0.2, 0.25) is 0 Å². The van der Waals surface area contributed by atoms with Crippen LogP contribution in [0.4, 0.5) is 0 Å². The molecule has 1 saturated carbocycles. The van der Waals surface area contributed by atoms with E-state index in [9.17, 15) is 5.11 Å². The number of hydrogen-bond acceptors (Lipinski definition) is 3. The molecule has 0 saturated heterocycles. The number of aromatic nitrogens is 1. The molecule has 1 aromatic heterocycles. The molecule has 2 rings (SSSR count). The molecule has 0 aromatic carbocycles. The van der Waals surface area contributed by atoms with E-state index in [1.54, 1.807) is 18.3 Å². The predicted molar refractivity (Wildman–Crippen MR) is 49.3 cm³/mol. The van der Waals surface area contributed by atoms with Crippen molar-refractivity contribution >= 4 is 11.3 Å². The SMILES string of the molecule is CC(O)c1csc(C2CCC2)n1. The van der Waals surface area contributed by atoms with Crippen molar-refractivity contribution in [3.8, 4) is 0 Å². The van der Waals surface area contributed by atoms with Crippen molar-refractivity contribution in [1.82, 2.24) is 4.98 Å². The van der Waals surface area contributed by atoms with E-state index in [0.29, 0.717) is 5.92 Å². The molecule has 0 bridgehead atoms. The molecule has 12 heavy (non-hydrogen) atoms. The van der Waals surface area contributed by atoms with Gasteiger partial charge >= 0.3 is 0 Å². The molecule has 0 amide bonds. The van der Waals surface area contributed by atoms with E-state index in [2.05, 4.69) is 4.98 Å². The second-order valence-electron chi connectivity index (χ2n) is 3.41. The normalized spacial score (nSPS) is 20.5. The van der Waals surface area contributed by atoms with Crippen LogP contribution >= 0.6 is 11.3 Å². The second kappa shape index (κ2) is 3.15. The molecule has 1 fully saturated rings. The van der Waals surface area contributed by atoms with Crippen molar-refractivity contribution in [2.75, 3.05) is 0 Å². The maximum absolute atomic E-state index is 9.25. The van der Waals surface area contributed by atoms with Crippen LogP contribution in [0.1, 0.15) is 48.9 Å². The van der Waals surface area contributed by atoms with Crippen LogP contribution in [0.25, 0.3) is 0 Å². The number of nitrogens with zero attached hydrogens (tertiary/aromatic N) is 1. The highest BCUT2D eigenvalue weighted by molar-refractivity contribution is 7.09. The van der Waals surface area contributed by atoms with E-state index in [1.165, 1.54) is 24.3 Å². The molecular weight excluding hydrogens is 170 g/mol. The number of aliphatic hydroxyl groups excluding tert-OH is 1. The van der Waals surface area contributed by atoms with Gasteiger partial charge in [-0.05, 0) is 19.8 Å². The molecule has 2 nitrogen and oxygen atoms in total. The minimum absolute atomic E-state index is 0.407.